The molecule has 1 heterocycles. The third-order valence-corrected chi connectivity index (χ3v) is 4.41. The van der Waals surface area contributed by atoms with Gasteiger partial charge in [0.05, 0.1) is 18.2 Å². The van der Waals surface area contributed by atoms with Crippen LogP contribution in [-0.2, 0) is 4.79 Å². The average molecular weight is 344 g/mol. The van der Waals surface area contributed by atoms with Gasteiger partial charge in [-0.3, -0.25) is 4.79 Å². The number of ether oxygens (including phenoxy) is 1. The quantitative estimate of drug-likeness (QED) is 0.794. The Labute approximate surface area is 147 Å². The van der Waals surface area contributed by atoms with Crippen LogP contribution in [-0.4, -0.2) is 54.0 Å². The maximum absolute atomic E-state index is 11.8. The van der Waals surface area contributed by atoms with Crippen LogP contribution in [0.5, 0.6) is 5.75 Å². The highest BCUT2D eigenvalue weighted by molar-refractivity contribution is 5.74. The lowest BCUT2D eigenvalue weighted by Gasteiger charge is -2.37. The van der Waals surface area contributed by atoms with Gasteiger partial charge in [0.1, 0.15) is 5.75 Å². The summed E-state index contributed by atoms with van der Waals surface area (Å²) in [6.45, 7) is 3.82. The second-order valence-electron chi connectivity index (χ2n) is 6.11. The van der Waals surface area contributed by atoms with Crippen LogP contribution in [0.4, 0.5) is 4.79 Å². The molecular formula is C18H24N4O3. The van der Waals surface area contributed by atoms with Crippen molar-refractivity contribution in [2.24, 2.45) is 5.73 Å². The summed E-state index contributed by atoms with van der Waals surface area (Å²) in [5, 5.41) is 8.88. The second kappa shape index (κ2) is 8.92. The fraction of sp³-hybridized carbons (Fsp3) is 0.500. The predicted octanol–water partition coefficient (Wildman–Crippen LogP) is 1.72. The number of carbonyl (C=O) groups is 2. The molecule has 2 N–H and O–H groups in total. The molecule has 1 fully saturated rings. The zero-order chi connectivity index (χ0) is 18.2. The zero-order valence-corrected chi connectivity index (χ0v) is 14.5. The summed E-state index contributed by atoms with van der Waals surface area (Å²) < 4.78 is 5.63. The van der Waals surface area contributed by atoms with Crippen LogP contribution in [0.25, 0.3) is 0 Å². The maximum Gasteiger partial charge on any atom is 0.315 e. The Hall–Kier alpha value is -2.75. The predicted molar refractivity (Wildman–Crippen MR) is 92.8 cm³/mol. The van der Waals surface area contributed by atoms with Crippen molar-refractivity contribution in [2.45, 2.75) is 32.2 Å². The van der Waals surface area contributed by atoms with Crippen LogP contribution >= 0.6 is 0 Å². The molecule has 7 heteroatoms. The summed E-state index contributed by atoms with van der Waals surface area (Å²) >= 11 is 0. The molecule has 0 radical (unpaired) electrons. The van der Waals surface area contributed by atoms with E-state index in [2.05, 4.69) is 6.07 Å². The SMILES string of the molecule is CC(=O)N1CCC(N(CCCOc2cccc(C#N)c2)C(N)=O)CC1. The number of hydrogen-bond acceptors (Lipinski definition) is 4. The number of urea groups is 1. The van der Waals surface area contributed by atoms with E-state index in [4.69, 9.17) is 15.7 Å². The van der Waals surface area contributed by atoms with Gasteiger partial charge < -0.3 is 20.3 Å². The lowest BCUT2D eigenvalue weighted by atomic mass is 10.0. The summed E-state index contributed by atoms with van der Waals surface area (Å²) in [4.78, 5) is 26.6. The van der Waals surface area contributed by atoms with Gasteiger partial charge in [-0.2, -0.15) is 5.26 Å². The number of nitrogens with zero attached hydrogens (tertiary/aromatic N) is 3. The molecule has 1 aliphatic rings. The van der Waals surface area contributed by atoms with Crippen molar-refractivity contribution >= 4 is 11.9 Å². The number of likely N-dealkylation sites (tertiary alicyclic amines) is 1. The van der Waals surface area contributed by atoms with E-state index in [1.807, 2.05) is 0 Å². The average Bonchev–Trinajstić information content (AvgIpc) is 2.61. The van der Waals surface area contributed by atoms with Crippen LogP contribution in [0.15, 0.2) is 24.3 Å². The zero-order valence-electron chi connectivity index (χ0n) is 14.5. The van der Waals surface area contributed by atoms with Crippen molar-refractivity contribution < 1.29 is 14.3 Å². The van der Waals surface area contributed by atoms with Crippen LogP contribution < -0.4 is 10.5 Å². The van der Waals surface area contributed by atoms with Crippen LogP contribution in [0.2, 0.25) is 0 Å². The van der Waals surface area contributed by atoms with Gasteiger partial charge in [0.2, 0.25) is 5.91 Å². The molecule has 0 bridgehead atoms. The Bertz CT molecular complexity index is 648. The summed E-state index contributed by atoms with van der Waals surface area (Å²) in [5.41, 5.74) is 6.07. The first-order valence-corrected chi connectivity index (χ1v) is 8.46. The minimum atomic E-state index is -0.437. The third kappa shape index (κ3) is 5.38. The molecule has 25 heavy (non-hydrogen) atoms. The monoisotopic (exact) mass is 344 g/mol. The molecule has 3 amide bonds. The fourth-order valence-electron chi connectivity index (χ4n) is 3.05. The Kier molecular flexibility index (Phi) is 6.63. The minimum Gasteiger partial charge on any atom is -0.493 e. The highest BCUT2D eigenvalue weighted by Gasteiger charge is 2.27. The summed E-state index contributed by atoms with van der Waals surface area (Å²) in [5.74, 6) is 0.705. The standard InChI is InChI=1S/C18H24N4O3/c1-14(23)21-9-6-16(7-10-21)22(18(20)24)8-3-11-25-17-5-2-4-15(12-17)13-19/h2,4-5,12,16H,3,6-11H2,1H3,(H2,20,24). The second-order valence-corrected chi connectivity index (χ2v) is 6.11. The lowest BCUT2D eigenvalue weighted by Crippen LogP contribution is -2.50. The van der Waals surface area contributed by atoms with Crippen LogP contribution in [0, 0.1) is 11.3 Å². The Morgan fingerprint density at radius 3 is 2.72 bits per heavy atom. The van der Waals surface area contributed by atoms with Crippen molar-refractivity contribution in [3.8, 4) is 11.8 Å². The molecule has 0 spiro atoms. The number of carbonyl (C=O) groups excluding carboxylic acids is 2. The van der Waals surface area contributed by atoms with E-state index in [0.29, 0.717) is 44.0 Å². The summed E-state index contributed by atoms with van der Waals surface area (Å²) in [6, 6.07) is 8.66. The van der Waals surface area contributed by atoms with Gasteiger partial charge in [-0.1, -0.05) is 6.07 Å². The van der Waals surface area contributed by atoms with Crippen molar-refractivity contribution in [1.82, 2.24) is 9.80 Å². The number of piperidine rings is 1. The molecule has 0 aliphatic carbocycles. The molecule has 0 aromatic heterocycles. The number of primary amides is 1. The molecule has 1 aromatic carbocycles. The molecule has 0 saturated carbocycles. The van der Waals surface area contributed by atoms with Gasteiger partial charge in [-0.25, -0.2) is 4.79 Å². The third-order valence-electron chi connectivity index (χ3n) is 4.41. The van der Waals surface area contributed by atoms with E-state index in [1.165, 1.54) is 0 Å². The van der Waals surface area contributed by atoms with Crippen LogP contribution in [0.1, 0.15) is 31.7 Å². The first kappa shape index (κ1) is 18.6. The normalized spacial score (nSPS) is 14.6. The molecular weight excluding hydrogens is 320 g/mol. The van der Waals surface area contributed by atoms with Gasteiger partial charge >= 0.3 is 6.03 Å². The first-order chi connectivity index (χ1) is 12.0. The maximum atomic E-state index is 11.8. The summed E-state index contributed by atoms with van der Waals surface area (Å²) in [6.07, 6.45) is 2.13. The van der Waals surface area contributed by atoms with Crippen molar-refractivity contribution in [3.63, 3.8) is 0 Å². The smallest absolute Gasteiger partial charge is 0.315 e. The number of nitrogens with two attached hydrogens (primary N) is 1. The van der Waals surface area contributed by atoms with Crippen molar-refractivity contribution in [2.75, 3.05) is 26.2 Å². The topological polar surface area (TPSA) is 99.7 Å². The van der Waals surface area contributed by atoms with Gasteiger partial charge in [0.15, 0.2) is 0 Å². The number of amides is 3. The van der Waals surface area contributed by atoms with E-state index < -0.39 is 6.03 Å². The summed E-state index contributed by atoms with van der Waals surface area (Å²) in [7, 11) is 0. The van der Waals surface area contributed by atoms with Gasteiger partial charge in [-0.15, -0.1) is 0 Å². The lowest BCUT2D eigenvalue weighted by molar-refractivity contribution is -0.130. The van der Waals surface area contributed by atoms with E-state index in [9.17, 15) is 9.59 Å². The molecule has 7 nitrogen and oxygen atoms in total. The number of nitriles is 1. The highest BCUT2D eigenvalue weighted by Crippen LogP contribution is 2.17. The molecule has 0 atom stereocenters. The first-order valence-electron chi connectivity index (χ1n) is 8.46. The Morgan fingerprint density at radius 1 is 1.40 bits per heavy atom. The van der Waals surface area contributed by atoms with Crippen molar-refractivity contribution in [3.05, 3.63) is 29.8 Å². The molecule has 134 valence electrons. The molecule has 1 aromatic rings. The molecule has 0 unspecified atom stereocenters. The van der Waals surface area contributed by atoms with E-state index >= 15 is 0 Å². The number of benzene rings is 1. The Morgan fingerprint density at radius 2 is 2.12 bits per heavy atom. The number of rotatable bonds is 6. The van der Waals surface area contributed by atoms with Gasteiger partial charge in [-0.05, 0) is 37.5 Å². The highest BCUT2D eigenvalue weighted by atomic mass is 16.5. The van der Waals surface area contributed by atoms with Crippen molar-refractivity contribution in [1.29, 1.82) is 5.26 Å². The fourth-order valence-corrected chi connectivity index (χ4v) is 3.05. The number of hydrogen-bond donors (Lipinski definition) is 1. The molecule has 1 saturated heterocycles. The van der Waals surface area contributed by atoms with E-state index in [-0.39, 0.29) is 11.9 Å². The largest absolute Gasteiger partial charge is 0.493 e. The van der Waals surface area contributed by atoms with Crippen LogP contribution in [0.3, 0.4) is 0 Å². The van der Waals surface area contributed by atoms with E-state index in [1.54, 1.807) is 41.0 Å². The molecule has 2 rings (SSSR count). The Balaban J connectivity index is 1.79. The molecule has 1 aliphatic heterocycles. The van der Waals surface area contributed by atoms with Gasteiger partial charge in [0, 0.05) is 32.6 Å². The minimum absolute atomic E-state index is 0.0648. The van der Waals surface area contributed by atoms with E-state index in [0.717, 1.165) is 12.8 Å². The van der Waals surface area contributed by atoms with Gasteiger partial charge in [0.25, 0.3) is 0 Å².